The van der Waals surface area contributed by atoms with Gasteiger partial charge in [0, 0.05) is 12.6 Å². The molecule has 3 N–H and O–H groups in total. The Kier molecular flexibility index (Phi) is 5.02. The van der Waals surface area contributed by atoms with Crippen LogP contribution in [0.3, 0.4) is 0 Å². The van der Waals surface area contributed by atoms with E-state index < -0.39 is 0 Å². The van der Waals surface area contributed by atoms with Crippen molar-refractivity contribution in [1.82, 2.24) is 10.6 Å². The third-order valence-electron chi connectivity index (χ3n) is 3.61. The van der Waals surface area contributed by atoms with Crippen molar-refractivity contribution < 1.29 is 9.90 Å². The average molecular weight is 249 g/mol. The van der Waals surface area contributed by atoms with Crippen LogP contribution >= 0.6 is 12.4 Å². The number of aliphatic hydroxyl groups is 1. The minimum absolute atomic E-state index is 0. The first-order valence-electron chi connectivity index (χ1n) is 5.88. The zero-order valence-electron chi connectivity index (χ0n) is 9.61. The summed E-state index contributed by atoms with van der Waals surface area (Å²) in [4.78, 5) is 11.8. The Morgan fingerprint density at radius 3 is 2.69 bits per heavy atom. The first-order chi connectivity index (χ1) is 7.16. The van der Waals surface area contributed by atoms with E-state index in [-0.39, 0.29) is 30.5 Å². The van der Waals surface area contributed by atoms with Crippen LogP contribution in [0.4, 0.5) is 0 Å². The lowest BCUT2D eigenvalue weighted by Crippen LogP contribution is -2.46. The molecule has 1 aliphatic carbocycles. The molecule has 16 heavy (non-hydrogen) atoms. The maximum Gasteiger partial charge on any atom is 0.237 e. The van der Waals surface area contributed by atoms with Gasteiger partial charge in [-0.05, 0) is 25.2 Å². The van der Waals surface area contributed by atoms with E-state index in [1.807, 2.05) is 0 Å². The molecular weight excluding hydrogens is 228 g/mol. The van der Waals surface area contributed by atoms with E-state index in [0.717, 1.165) is 6.42 Å². The lowest BCUT2D eigenvalue weighted by atomic mass is 10.1. The molecule has 1 saturated carbocycles. The zero-order valence-corrected chi connectivity index (χ0v) is 10.4. The second kappa shape index (κ2) is 5.84. The van der Waals surface area contributed by atoms with E-state index in [9.17, 15) is 9.90 Å². The SMILES string of the molecule is CC1CCCC1NC(=O)C1CC(O)CN1.Cl. The van der Waals surface area contributed by atoms with E-state index >= 15 is 0 Å². The van der Waals surface area contributed by atoms with Crippen LogP contribution in [-0.2, 0) is 4.79 Å². The Bertz CT molecular complexity index is 250. The van der Waals surface area contributed by atoms with Gasteiger partial charge in [0.05, 0.1) is 12.1 Å². The van der Waals surface area contributed by atoms with Crippen LogP contribution < -0.4 is 10.6 Å². The summed E-state index contributed by atoms with van der Waals surface area (Å²) in [7, 11) is 0. The van der Waals surface area contributed by atoms with Crippen molar-refractivity contribution in [2.24, 2.45) is 5.92 Å². The van der Waals surface area contributed by atoms with Crippen molar-refractivity contribution >= 4 is 18.3 Å². The van der Waals surface area contributed by atoms with Gasteiger partial charge in [-0.3, -0.25) is 4.79 Å². The summed E-state index contributed by atoms with van der Waals surface area (Å²) in [5, 5.41) is 15.4. The number of rotatable bonds is 2. The molecule has 4 nitrogen and oxygen atoms in total. The van der Waals surface area contributed by atoms with E-state index in [0.29, 0.717) is 24.9 Å². The molecule has 0 spiro atoms. The molecule has 0 aromatic heterocycles. The number of hydrogen-bond donors (Lipinski definition) is 3. The van der Waals surface area contributed by atoms with Gasteiger partial charge in [0.15, 0.2) is 0 Å². The van der Waals surface area contributed by atoms with Gasteiger partial charge in [-0.15, -0.1) is 12.4 Å². The molecule has 5 heteroatoms. The highest BCUT2D eigenvalue weighted by Gasteiger charge is 2.31. The van der Waals surface area contributed by atoms with Gasteiger partial charge in [0.1, 0.15) is 0 Å². The minimum Gasteiger partial charge on any atom is -0.392 e. The predicted molar refractivity (Wildman–Crippen MR) is 64.6 cm³/mol. The quantitative estimate of drug-likeness (QED) is 0.665. The molecular formula is C11H21ClN2O2. The van der Waals surface area contributed by atoms with Gasteiger partial charge in [0.2, 0.25) is 5.91 Å². The largest absolute Gasteiger partial charge is 0.392 e. The monoisotopic (exact) mass is 248 g/mol. The van der Waals surface area contributed by atoms with Crippen LogP contribution in [0.5, 0.6) is 0 Å². The number of aliphatic hydroxyl groups excluding tert-OH is 1. The van der Waals surface area contributed by atoms with Gasteiger partial charge in [-0.25, -0.2) is 0 Å². The second-order valence-electron chi connectivity index (χ2n) is 4.87. The third kappa shape index (κ3) is 3.09. The Labute approximate surface area is 103 Å². The maximum atomic E-state index is 11.8. The predicted octanol–water partition coefficient (Wildman–Crippen LogP) is 0.436. The van der Waals surface area contributed by atoms with Gasteiger partial charge < -0.3 is 15.7 Å². The van der Waals surface area contributed by atoms with Gasteiger partial charge in [-0.2, -0.15) is 0 Å². The second-order valence-corrected chi connectivity index (χ2v) is 4.87. The van der Waals surface area contributed by atoms with Gasteiger partial charge >= 0.3 is 0 Å². The smallest absolute Gasteiger partial charge is 0.237 e. The lowest BCUT2D eigenvalue weighted by molar-refractivity contribution is -0.123. The van der Waals surface area contributed by atoms with Gasteiger partial charge in [-0.1, -0.05) is 13.3 Å². The minimum atomic E-state index is -0.359. The average Bonchev–Trinajstić information content (AvgIpc) is 2.77. The summed E-state index contributed by atoms with van der Waals surface area (Å²) in [5.74, 6) is 0.658. The Morgan fingerprint density at radius 1 is 1.44 bits per heavy atom. The number of hydrogen-bond acceptors (Lipinski definition) is 3. The fourth-order valence-corrected chi connectivity index (χ4v) is 2.56. The molecule has 2 rings (SSSR count). The topological polar surface area (TPSA) is 61.4 Å². The Hall–Kier alpha value is -0.320. The normalized spacial score (nSPS) is 38.1. The number of carbonyl (C=O) groups excluding carboxylic acids is 1. The van der Waals surface area contributed by atoms with Crippen LogP contribution in [-0.4, -0.2) is 35.7 Å². The number of nitrogens with one attached hydrogen (secondary N) is 2. The fourth-order valence-electron chi connectivity index (χ4n) is 2.56. The number of halogens is 1. The zero-order chi connectivity index (χ0) is 10.8. The maximum absolute atomic E-state index is 11.8. The fraction of sp³-hybridized carbons (Fsp3) is 0.909. The molecule has 1 heterocycles. The molecule has 1 aliphatic heterocycles. The van der Waals surface area contributed by atoms with E-state index in [1.165, 1.54) is 12.8 Å². The lowest BCUT2D eigenvalue weighted by Gasteiger charge is -2.19. The van der Waals surface area contributed by atoms with E-state index in [2.05, 4.69) is 17.6 Å². The van der Waals surface area contributed by atoms with Crippen LogP contribution in [0.15, 0.2) is 0 Å². The molecule has 0 bridgehead atoms. The molecule has 4 atom stereocenters. The Balaban J connectivity index is 0.00000128. The molecule has 0 aromatic rings. The molecule has 1 amide bonds. The van der Waals surface area contributed by atoms with Crippen LogP contribution in [0.25, 0.3) is 0 Å². The standard InChI is InChI=1S/C11H20N2O2.ClH/c1-7-3-2-4-9(7)13-11(15)10-5-8(14)6-12-10;/h7-10,12,14H,2-6H2,1H3,(H,13,15);1H. The van der Waals surface area contributed by atoms with E-state index in [4.69, 9.17) is 0 Å². The summed E-state index contributed by atoms with van der Waals surface area (Å²) in [6.07, 6.45) is 3.72. The molecule has 2 fully saturated rings. The van der Waals surface area contributed by atoms with Gasteiger partial charge in [0.25, 0.3) is 0 Å². The summed E-state index contributed by atoms with van der Waals surface area (Å²) < 4.78 is 0. The molecule has 94 valence electrons. The van der Waals surface area contributed by atoms with Crippen molar-refractivity contribution in [3.63, 3.8) is 0 Å². The summed E-state index contributed by atoms with van der Waals surface area (Å²) in [6.45, 7) is 2.73. The highest BCUT2D eigenvalue weighted by Crippen LogP contribution is 2.25. The van der Waals surface area contributed by atoms with Crippen molar-refractivity contribution in [1.29, 1.82) is 0 Å². The molecule has 0 radical (unpaired) electrons. The first kappa shape index (κ1) is 13.7. The van der Waals surface area contributed by atoms with Crippen LogP contribution in [0.1, 0.15) is 32.6 Å². The first-order valence-corrected chi connectivity index (χ1v) is 5.88. The molecule has 2 aliphatic rings. The number of β-amino-alcohol motifs (C(OH)–C–C–N with tert-alkyl or cyclic N) is 1. The summed E-state index contributed by atoms with van der Waals surface area (Å²) in [5.41, 5.74) is 0. The molecule has 0 aromatic carbocycles. The number of carbonyl (C=O) groups is 1. The Morgan fingerprint density at radius 2 is 2.19 bits per heavy atom. The highest BCUT2D eigenvalue weighted by molar-refractivity contribution is 5.85. The van der Waals surface area contributed by atoms with Crippen molar-refractivity contribution in [3.8, 4) is 0 Å². The van der Waals surface area contributed by atoms with Crippen molar-refractivity contribution in [2.45, 2.75) is 50.8 Å². The molecule has 4 unspecified atom stereocenters. The number of amides is 1. The van der Waals surface area contributed by atoms with Crippen LogP contribution in [0, 0.1) is 5.92 Å². The van der Waals surface area contributed by atoms with Crippen molar-refractivity contribution in [2.75, 3.05) is 6.54 Å². The summed E-state index contributed by atoms with van der Waals surface area (Å²) >= 11 is 0. The highest BCUT2D eigenvalue weighted by atomic mass is 35.5. The molecule has 1 saturated heterocycles. The summed E-state index contributed by atoms with van der Waals surface area (Å²) in [6, 6.07) is 0.157. The van der Waals surface area contributed by atoms with E-state index in [1.54, 1.807) is 0 Å². The van der Waals surface area contributed by atoms with Crippen LogP contribution in [0.2, 0.25) is 0 Å². The third-order valence-corrected chi connectivity index (χ3v) is 3.61. The van der Waals surface area contributed by atoms with Crippen molar-refractivity contribution in [3.05, 3.63) is 0 Å².